The first-order chi connectivity index (χ1) is 16.0. The monoisotopic (exact) mass is 478 g/mol. The Bertz CT molecular complexity index is 1260. The molecule has 0 saturated carbocycles. The lowest BCUT2D eigenvalue weighted by Crippen LogP contribution is -2.27. The van der Waals surface area contributed by atoms with Crippen LogP contribution in [0.2, 0.25) is 10.0 Å². The number of hydrogen-bond acceptors (Lipinski definition) is 1. The lowest BCUT2D eigenvalue weighted by molar-refractivity contribution is -0.121. The smallest absolute Gasteiger partial charge is 0.220 e. The Morgan fingerprint density at radius 1 is 1.03 bits per heavy atom. The normalized spacial score (nSPS) is 12.1. The van der Waals surface area contributed by atoms with Crippen LogP contribution in [0.1, 0.15) is 41.5 Å². The molecule has 0 aliphatic carbocycles. The second-order valence-corrected chi connectivity index (χ2v) is 9.23. The zero-order chi connectivity index (χ0) is 23.4. The SMILES string of the molecule is CCn1cc([C@@H](CC(=O)NCCc2ccc(Cl)cc2Cl)c2ccc(C)cc2)c2ccccc21. The van der Waals surface area contributed by atoms with Crippen molar-refractivity contribution in [1.29, 1.82) is 0 Å². The summed E-state index contributed by atoms with van der Waals surface area (Å²) in [7, 11) is 0. The van der Waals surface area contributed by atoms with Gasteiger partial charge >= 0.3 is 0 Å². The molecular formula is C28H28Cl2N2O. The van der Waals surface area contributed by atoms with Gasteiger partial charge in [-0.05, 0) is 55.2 Å². The van der Waals surface area contributed by atoms with Gasteiger partial charge in [0.2, 0.25) is 5.91 Å². The molecule has 0 fully saturated rings. The molecule has 0 saturated heterocycles. The van der Waals surface area contributed by atoms with Crippen LogP contribution in [0.15, 0.2) is 72.9 Å². The molecule has 33 heavy (non-hydrogen) atoms. The van der Waals surface area contributed by atoms with Crippen molar-refractivity contribution >= 4 is 40.0 Å². The van der Waals surface area contributed by atoms with E-state index in [1.54, 1.807) is 6.07 Å². The molecule has 3 nitrogen and oxygen atoms in total. The number of hydrogen-bond donors (Lipinski definition) is 1. The number of nitrogens with one attached hydrogen (secondary N) is 1. The van der Waals surface area contributed by atoms with Gasteiger partial charge in [-0.2, -0.15) is 0 Å². The van der Waals surface area contributed by atoms with E-state index in [0.717, 1.165) is 17.7 Å². The van der Waals surface area contributed by atoms with Crippen LogP contribution in [-0.4, -0.2) is 17.0 Å². The van der Waals surface area contributed by atoms with E-state index in [1.807, 2.05) is 12.1 Å². The quantitative estimate of drug-likeness (QED) is 0.286. The largest absolute Gasteiger partial charge is 0.356 e. The molecule has 3 aromatic carbocycles. The maximum Gasteiger partial charge on any atom is 0.220 e. The highest BCUT2D eigenvalue weighted by molar-refractivity contribution is 6.35. The molecule has 1 heterocycles. The fourth-order valence-corrected chi connectivity index (χ4v) is 4.84. The van der Waals surface area contributed by atoms with E-state index < -0.39 is 0 Å². The standard InChI is InChI=1S/C28H28Cl2N2O/c1-3-32-18-25(23-6-4-5-7-27(23)32)24(20-10-8-19(2)9-11-20)17-28(33)31-15-14-21-12-13-22(29)16-26(21)30/h4-13,16,18,24H,3,14-15,17H2,1-2H3,(H,31,33)/t24-/m0/s1. The second kappa shape index (κ2) is 10.5. The molecule has 0 bridgehead atoms. The topological polar surface area (TPSA) is 34.0 Å². The van der Waals surface area contributed by atoms with Crippen LogP contribution in [0.4, 0.5) is 0 Å². The fourth-order valence-electron chi connectivity index (χ4n) is 4.34. The van der Waals surface area contributed by atoms with Gasteiger partial charge in [0.05, 0.1) is 0 Å². The Balaban J connectivity index is 1.56. The van der Waals surface area contributed by atoms with Crippen molar-refractivity contribution in [3.05, 3.63) is 105 Å². The fraction of sp³-hybridized carbons (Fsp3) is 0.250. The summed E-state index contributed by atoms with van der Waals surface area (Å²) in [6.07, 6.45) is 3.25. The first kappa shape index (κ1) is 23.4. The number of benzene rings is 3. The third-order valence-electron chi connectivity index (χ3n) is 6.14. The molecule has 0 spiro atoms. The van der Waals surface area contributed by atoms with Crippen molar-refractivity contribution in [3.8, 4) is 0 Å². The zero-order valence-corrected chi connectivity index (χ0v) is 20.5. The number of aryl methyl sites for hydroxylation is 2. The van der Waals surface area contributed by atoms with E-state index >= 15 is 0 Å². The van der Waals surface area contributed by atoms with Crippen LogP contribution in [0.25, 0.3) is 10.9 Å². The third-order valence-corrected chi connectivity index (χ3v) is 6.72. The van der Waals surface area contributed by atoms with Gasteiger partial charge in [-0.25, -0.2) is 0 Å². The summed E-state index contributed by atoms with van der Waals surface area (Å²) in [6.45, 7) is 5.63. The van der Waals surface area contributed by atoms with Gasteiger partial charge < -0.3 is 9.88 Å². The van der Waals surface area contributed by atoms with Gasteiger partial charge in [0, 0.05) is 52.6 Å². The van der Waals surface area contributed by atoms with E-state index in [4.69, 9.17) is 23.2 Å². The van der Waals surface area contributed by atoms with E-state index in [-0.39, 0.29) is 11.8 Å². The van der Waals surface area contributed by atoms with E-state index in [0.29, 0.717) is 29.4 Å². The highest BCUT2D eigenvalue weighted by Crippen LogP contribution is 2.35. The van der Waals surface area contributed by atoms with Crippen molar-refractivity contribution in [1.82, 2.24) is 9.88 Å². The molecule has 0 radical (unpaired) electrons. The first-order valence-corrected chi connectivity index (χ1v) is 12.1. The number of para-hydroxylation sites is 1. The lowest BCUT2D eigenvalue weighted by atomic mass is 9.87. The van der Waals surface area contributed by atoms with Gasteiger partial charge in [-0.3, -0.25) is 4.79 Å². The van der Waals surface area contributed by atoms with Crippen LogP contribution >= 0.6 is 23.2 Å². The molecule has 170 valence electrons. The molecule has 4 rings (SSSR count). The van der Waals surface area contributed by atoms with Crippen LogP contribution in [0.3, 0.4) is 0 Å². The Hall–Kier alpha value is -2.75. The molecule has 0 aliphatic heterocycles. The first-order valence-electron chi connectivity index (χ1n) is 11.3. The highest BCUT2D eigenvalue weighted by atomic mass is 35.5. The summed E-state index contributed by atoms with van der Waals surface area (Å²) in [6, 6.07) is 22.4. The third kappa shape index (κ3) is 5.43. The molecular weight excluding hydrogens is 451 g/mol. The summed E-state index contributed by atoms with van der Waals surface area (Å²) in [5.41, 5.74) is 5.72. The van der Waals surface area contributed by atoms with Crippen molar-refractivity contribution in [2.75, 3.05) is 6.54 Å². The summed E-state index contributed by atoms with van der Waals surface area (Å²) >= 11 is 12.3. The number of carbonyl (C=O) groups is 1. The second-order valence-electron chi connectivity index (χ2n) is 8.39. The number of halogens is 2. The minimum Gasteiger partial charge on any atom is -0.356 e. The highest BCUT2D eigenvalue weighted by Gasteiger charge is 2.22. The van der Waals surface area contributed by atoms with Crippen LogP contribution in [0, 0.1) is 6.92 Å². The van der Waals surface area contributed by atoms with Gasteiger partial charge in [0.15, 0.2) is 0 Å². The molecule has 1 N–H and O–H groups in total. The summed E-state index contributed by atoms with van der Waals surface area (Å²) < 4.78 is 2.26. The lowest BCUT2D eigenvalue weighted by Gasteiger charge is -2.18. The van der Waals surface area contributed by atoms with E-state index in [9.17, 15) is 4.79 Å². The van der Waals surface area contributed by atoms with Crippen LogP contribution in [0.5, 0.6) is 0 Å². The predicted octanol–water partition coefficient (Wildman–Crippen LogP) is 7.16. The van der Waals surface area contributed by atoms with E-state index in [1.165, 1.54) is 22.0 Å². The average molecular weight is 479 g/mol. The van der Waals surface area contributed by atoms with Gasteiger partial charge in [0.1, 0.15) is 0 Å². The molecule has 1 atom stereocenters. The van der Waals surface area contributed by atoms with Crippen molar-refractivity contribution in [2.24, 2.45) is 0 Å². The summed E-state index contributed by atoms with van der Waals surface area (Å²) in [4.78, 5) is 13.0. The van der Waals surface area contributed by atoms with E-state index in [2.05, 4.69) is 78.5 Å². The van der Waals surface area contributed by atoms with Crippen molar-refractivity contribution in [2.45, 2.75) is 39.2 Å². The zero-order valence-electron chi connectivity index (χ0n) is 18.9. The number of rotatable bonds is 8. The number of amides is 1. The van der Waals surface area contributed by atoms with Gasteiger partial charge in [-0.1, -0.05) is 77.3 Å². The average Bonchev–Trinajstić information content (AvgIpc) is 3.18. The maximum atomic E-state index is 13.0. The van der Waals surface area contributed by atoms with Crippen LogP contribution in [-0.2, 0) is 17.8 Å². The minimum atomic E-state index is -0.0255. The molecule has 1 aromatic heterocycles. The van der Waals surface area contributed by atoms with Gasteiger partial charge in [-0.15, -0.1) is 0 Å². The van der Waals surface area contributed by atoms with Gasteiger partial charge in [0.25, 0.3) is 0 Å². The summed E-state index contributed by atoms with van der Waals surface area (Å²) in [5.74, 6) is 0.00131. The Morgan fingerprint density at radius 3 is 2.52 bits per heavy atom. The Labute approximate surface area is 205 Å². The van der Waals surface area contributed by atoms with Crippen molar-refractivity contribution in [3.63, 3.8) is 0 Å². The predicted molar refractivity (Wildman–Crippen MR) is 138 cm³/mol. The maximum absolute atomic E-state index is 13.0. The van der Waals surface area contributed by atoms with Crippen LogP contribution < -0.4 is 5.32 Å². The number of fused-ring (bicyclic) bond motifs is 1. The molecule has 5 heteroatoms. The Kier molecular flexibility index (Phi) is 7.42. The number of nitrogens with zero attached hydrogens (tertiary/aromatic N) is 1. The molecule has 0 unspecified atom stereocenters. The Morgan fingerprint density at radius 2 is 1.79 bits per heavy atom. The van der Waals surface area contributed by atoms with Crippen molar-refractivity contribution < 1.29 is 4.79 Å². The summed E-state index contributed by atoms with van der Waals surface area (Å²) in [5, 5.41) is 5.52. The molecule has 0 aliphatic rings. The molecule has 4 aromatic rings. The number of aromatic nitrogens is 1. The minimum absolute atomic E-state index is 0.0255. The molecule has 1 amide bonds. The number of carbonyl (C=O) groups excluding carboxylic acids is 1.